The van der Waals surface area contributed by atoms with Crippen molar-refractivity contribution < 1.29 is 14.3 Å². The Hall–Kier alpha value is -2.74. The summed E-state index contributed by atoms with van der Waals surface area (Å²) in [5, 5.41) is 5.62. The Morgan fingerprint density at radius 2 is 2.19 bits per heavy atom. The van der Waals surface area contributed by atoms with E-state index < -0.39 is 0 Å². The Morgan fingerprint density at radius 3 is 2.85 bits per heavy atom. The van der Waals surface area contributed by atoms with Crippen LogP contribution < -0.4 is 10.6 Å². The van der Waals surface area contributed by atoms with Crippen LogP contribution in [-0.4, -0.2) is 45.6 Å². The molecule has 0 saturated carbocycles. The van der Waals surface area contributed by atoms with Gasteiger partial charge in [0.1, 0.15) is 17.8 Å². The first-order chi connectivity index (χ1) is 12.5. The van der Waals surface area contributed by atoms with Crippen molar-refractivity contribution in [2.45, 2.75) is 32.8 Å². The van der Waals surface area contributed by atoms with Crippen LogP contribution in [0.3, 0.4) is 0 Å². The van der Waals surface area contributed by atoms with Crippen molar-refractivity contribution >= 4 is 17.5 Å². The van der Waals surface area contributed by atoms with Crippen LogP contribution in [0.4, 0.5) is 5.69 Å². The van der Waals surface area contributed by atoms with Gasteiger partial charge in [0.15, 0.2) is 0 Å². The Balaban J connectivity index is 1.59. The van der Waals surface area contributed by atoms with E-state index in [0.29, 0.717) is 23.7 Å². The van der Waals surface area contributed by atoms with Crippen LogP contribution in [0, 0.1) is 5.92 Å². The summed E-state index contributed by atoms with van der Waals surface area (Å²) in [6, 6.07) is 3.52. The molecule has 0 spiro atoms. The van der Waals surface area contributed by atoms with Gasteiger partial charge in [0, 0.05) is 25.3 Å². The Bertz CT molecular complexity index is 763. The van der Waals surface area contributed by atoms with Gasteiger partial charge in [-0.2, -0.15) is 0 Å². The normalized spacial score (nSPS) is 16.7. The summed E-state index contributed by atoms with van der Waals surface area (Å²) in [5.74, 6) is 0.213. The van der Waals surface area contributed by atoms with Crippen molar-refractivity contribution in [3.8, 4) is 5.82 Å². The van der Waals surface area contributed by atoms with Crippen LogP contribution in [0.15, 0.2) is 30.9 Å². The van der Waals surface area contributed by atoms with Gasteiger partial charge < -0.3 is 15.4 Å². The van der Waals surface area contributed by atoms with Gasteiger partial charge in [-0.05, 0) is 25.0 Å². The standard InChI is InChI=1S/C18H23N5O3/c1-12(2)17(24)22-13-5-6-16(19-8-13)23-10-15(21-11-23)18(25)20-9-14-4-3-7-26-14/h5-6,8,10-12,14H,3-4,7,9H2,1-2H3,(H,20,25)(H,22,24). The fourth-order valence-electron chi connectivity index (χ4n) is 2.57. The van der Waals surface area contributed by atoms with Crippen molar-refractivity contribution in [2.75, 3.05) is 18.5 Å². The molecule has 3 rings (SSSR count). The molecule has 1 unspecified atom stereocenters. The van der Waals surface area contributed by atoms with Gasteiger partial charge in [0.25, 0.3) is 5.91 Å². The molecule has 26 heavy (non-hydrogen) atoms. The highest BCUT2D eigenvalue weighted by molar-refractivity contribution is 5.92. The number of pyridine rings is 1. The zero-order chi connectivity index (χ0) is 18.5. The molecule has 0 bridgehead atoms. The van der Waals surface area contributed by atoms with E-state index in [4.69, 9.17) is 4.74 Å². The summed E-state index contributed by atoms with van der Waals surface area (Å²) in [6.45, 7) is 4.91. The second kappa shape index (κ2) is 8.09. The van der Waals surface area contributed by atoms with E-state index in [1.807, 2.05) is 13.8 Å². The van der Waals surface area contributed by atoms with Crippen molar-refractivity contribution in [2.24, 2.45) is 5.92 Å². The number of hydrogen-bond acceptors (Lipinski definition) is 5. The fraction of sp³-hybridized carbons (Fsp3) is 0.444. The molecule has 3 heterocycles. The van der Waals surface area contributed by atoms with E-state index in [0.717, 1.165) is 19.4 Å². The predicted molar refractivity (Wildman–Crippen MR) is 96.1 cm³/mol. The molecule has 2 aromatic rings. The van der Waals surface area contributed by atoms with Crippen LogP contribution in [0.1, 0.15) is 37.2 Å². The second-order valence-corrected chi connectivity index (χ2v) is 6.56. The molecular weight excluding hydrogens is 334 g/mol. The number of ether oxygens (including phenoxy) is 1. The van der Waals surface area contributed by atoms with Crippen molar-refractivity contribution in [1.82, 2.24) is 19.9 Å². The monoisotopic (exact) mass is 357 g/mol. The van der Waals surface area contributed by atoms with E-state index in [9.17, 15) is 9.59 Å². The third-order valence-electron chi connectivity index (χ3n) is 4.13. The van der Waals surface area contributed by atoms with E-state index in [1.54, 1.807) is 29.1 Å². The summed E-state index contributed by atoms with van der Waals surface area (Å²) < 4.78 is 7.15. The maximum Gasteiger partial charge on any atom is 0.271 e. The summed E-state index contributed by atoms with van der Waals surface area (Å²) in [7, 11) is 0. The van der Waals surface area contributed by atoms with Crippen molar-refractivity contribution in [3.63, 3.8) is 0 Å². The number of nitrogens with zero attached hydrogens (tertiary/aromatic N) is 3. The lowest BCUT2D eigenvalue weighted by atomic mass is 10.2. The number of carbonyl (C=O) groups is 2. The zero-order valence-electron chi connectivity index (χ0n) is 14.9. The van der Waals surface area contributed by atoms with Gasteiger partial charge in [-0.25, -0.2) is 9.97 Å². The Kier molecular flexibility index (Phi) is 5.62. The molecule has 0 radical (unpaired) electrons. The van der Waals surface area contributed by atoms with Gasteiger partial charge in [-0.3, -0.25) is 14.2 Å². The average Bonchev–Trinajstić information content (AvgIpc) is 3.32. The van der Waals surface area contributed by atoms with Crippen molar-refractivity contribution in [1.29, 1.82) is 0 Å². The number of hydrogen-bond donors (Lipinski definition) is 2. The van der Waals surface area contributed by atoms with Gasteiger partial charge in [-0.1, -0.05) is 13.8 Å². The molecule has 2 amide bonds. The third kappa shape index (κ3) is 4.45. The highest BCUT2D eigenvalue weighted by atomic mass is 16.5. The van der Waals surface area contributed by atoms with Gasteiger partial charge in [0.2, 0.25) is 5.91 Å². The smallest absolute Gasteiger partial charge is 0.271 e. The van der Waals surface area contributed by atoms with Crippen LogP contribution >= 0.6 is 0 Å². The largest absolute Gasteiger partial charge is 0.376 e. The first kappa shape index (κ1) is 18.1. The lowest BCUT2D eigenvalue weighted by Gasteiger charge is -2.09. The molecule has 1 fully saturated rings. The van der Waals surface area contributed by atoms with Gasteiger partial charge >= 0.3 is 0 Å². The maximum absolute atomic E-state index is 12.2. The minimum absolute atomic E-state index is 0.0626. The van der Waals surface area contributed by atoms with Crippen LogP contribution in [-0.2, 0) is 9.53 Å². The number of carbonyl (C=O) groups excluding carboxylic acids is 2. The lowest BCUT2D eigenvalue weighted by molar-refractivity contribution is -0.118. The van der Waals surface area contributed by atoms with Gasteiger partial charge in [-0.15, -0.1) is 0 Å². The van der Waals surface area contributed by atoms with Gasteiger partial charge in [0.05, 0.1) is 18.0 Å². The summed E-state index contributed by atoms with van der Waals surface area (Å²) >= 11 is 0. The molecule has 2 N–H and O–H groups in total. The highest BCUT2D eigenvalue weighted by Gasteiger charge is 2.17. The average molecular weight is 357 g/mol. The lowest BCUT2D eigenvalue weighted by Crippen LogP contribution is -2.31. The number of nitrogens with one attached hydrogen (secondary N) is 2. The molecular formula is C18H23N5O3. The number of anilines is 1. The number of amides is 2. The molecule has 1 aliphatic rings. The quantitative estimate of drug-likeness (QED) is 0.821. The first-order valence-corrected chi connectivity index (χ1v) is 8.74. The minimum atomic E-state index is -0.236. The topological polar surface area (TPSA) is 98.1 Å². The molecule has 2 aromatic heterocycles. The molecule has 0 aromatic carbocycles. The molecule has 1 saturated heterocycles. The molecule has 138 valence electrons. The Morgan fingerprint density at radius 1 is 1.35 bits per heavy atom. The van der Waals surface area contributed by atoms with Crippen LogP contribution in [0.2, 0.25) is 0 Å². The molecule has 1 aliphatic heterocycles. The molecule has 1 atom stereocenters. The zero-order valence-corrected chi connectivity index (χ0v) is 14.9. The summed E-state index contributed by atoms with van der Waals surface area (Å²) in [4.78, 5) is 32.3. The minimum Gasteiger partial charge on any atom is -0.376 e. The second-order valence-electron chi connectivity index (χ2n) is 6.56. The molecule has 8 nitrogen and oxygen atoms in total. The van der Waals surface area contributed by atoms with Crippen LogP contribution in [0.5, 0.6) is 0 Å². The number of imidazole rings is 1. The number of aromatic nitrogens is 3. The van der Waals surface area contributed by atoms with Crippen LogP contribution in [0.25, 0.3) is 5.82 Å². The van der Waals surface area contributed by atoms with E-state index in [-0.39, 0.29) is 23.8 Å². The number of rotatable bonds is 6. The third-order valence-corrected chi connectivity index (χ3v) is 4.13. The summed E-state index contributed by atoms with van der Waals surface area (Å²) in [6.07, 6.45) is 6.84. The highest BCUT2D eigenvalue weighted by Crippen LogP contribution is 2.13. The molecule has 0 aliphatic carbocycles. The van der Waals surface area contributed by atoms with Crippen molar-refractivity contribution in [3.05, 3.63) is 36.5 Å². The van der Waals surface area contributed by atoms with E-state index in [2.05, 4.69) is 20.6 Å². The fourth-order valence-corrected chi connectivity index (χ4v) is 2.57. The first-order valence-electron chi connectivity index (χ1n) is 8.74. The summed E-state index contributed by atoms with van der Waals surface area (Å²) in [5.41, 5.74) is 0.948. The molecule has 8 heteroatoms. The van der Waals surface area contributed by atoms with E-state index >= 15 is 0 Å². The Labute approximate surface area is 152 Å². The maximum atomic E-state index is 12.2. The predicted octanol–water partition coefficient (Wildman–Crippen LogP) is 1.77. The van der Waals surface area contributed by atoms with E-state index in [1.165, 1.54) is 6.33 Å². The SMILES string of the molecule is CC(C)C(=O)Nc1ccc(-n2cnc(C(=O)NCC3CCCO3)c2)nc1.